The van der Waals surface area contributed by atoms with Gasteiger partial charge in [-0.05, 0) is 88.6 Å². The van der Waals surface area contributed by atoms with Crippen LogP contribution in [-0.2, 0) is 23.2 Å². The third kappa shape index (κ3) is 4.33. The van der Waals surface area contributed by atoms with Crippen molar-refractivity contribution < 1.29 is 27.8 Å². The molecule has 2 saturated heterocycles. The van der Waals surface area contributed by atoms with E-state index in [1.807, 2.05) is 27.7 Å². The SMILES string of the molecule is CCN(CC)C1=C([B-]2(OB3OC(C)(C)C(C)(C)O3)OC(C)(C)C(C)(C)O2)C(=[N+](CC)CC)C1. The topological polar surface area (TPSA) is 52.4 Å². The molecule has 2 heterocycles. The molecule has 188 valence electrons. The fourth-order valence-electron chi connectivity index (χ4n) is 4.91. The summed E-state index contributed by atoms with van der Waals surface area (Å²) < 4.78 is 35.2. The molecule has 0 N–H and O–H groups in total. The minimum atomic E-state index is -2.32. The van der Waals surface area contributed by atoms with Crippen molar-refractivity contribution in [2.75, 3.05) is 26.2 Å². The van der Waals surface area contributed by atoms with E-state index in [0.717, 1.165) is 38.1 Å². The lowest BCUT2D eigenvalue weighted by Gasteiger charge is -2.47. The average molecular weight is 464 g/mol. The van der Waals surface area contributed by atoms with Crippen LogP contribution in [0.15, 0.2) is 11.2 Å². The van der Waals surface area contributed by atoms with Crippen LogP contribution < -0.4 is 0 Å². The minimum absolute atomic E-state index is 0.514. The molecule has 0 saturated carbocycles. The summed E-state index contributed by atoms with van der Waals surface area (Å²) in [4.78, 5) is 2.38. The average Bonchev–Trinajstić information content (AvgIpc) is 2.96. The third-order valence-electron chi connectivity index (χ3n) is 8.47. The second kappa shape index (κ2) is 8.66. The van der Waals surface area contributed by atoms with Crippen molar-refractivity contribution in [1.82, 2.24) is 4.90 Å². The zero-order valence-corrected chi connectivity index (χ0v) is 23.1. The quantitative estimate of drug-likeness (QED) is 0.397. The Labute approximate surface area is 202 Å². The standard InChI is InChI=1S/C24H46B2N2O5/c1-13-27(14-2)18-17-19(28(15-3)16-4)20(18)26(31-23(9,10)24(11,12)32-26)33-25-29-21(5,6)22(7,8)30-25/h13-17H2,1-12H3. The Balaban J connectivity index is 2.17. The van der Waals surface area contributed by atoms with Gasteiger partial charge in [0.15, 0.2) is 5.71 Å². The van der Waals surface area contributed by atoms with E-state index in [9.17, 15) is 0 Å². The van der Waals surface area contributed by atoms with Crippen molar-refractivity contribution >= 4 is 19.8 Å². The maximum absolute atomic E-state index is 6.82. The van der Waals surface area contributed by atoms with E-state index >= 15 is 0 Å². The smallest absolute Gasteiger partial charge is 0.558 e. The first-order chi connectivity index (χ1) is 15.1. The Morgan fingerprint density at radius 3 is 1.67 bits per heavy atom. The molecular weight excluding hydrogens is 418 g/mol. The Kier molecular flexibility index (Phi) is 7.02. The van der Waals surface area contributed by atoms with Crippen LogP contribution in [0.4, 0.5) is 0 Å². The van der Waals surface area contributed by atoms with E-state index in [4.69, 9.17) is 23.2 Å². The molecule has 0 bridgehead atoms. The van der Waals surface area contributed by atoms with Crippen LogP contribution in [0.25, 0.3) is 0 Å². The fraction of sp³-hybridized carbons (Fsp3) is 0.875. The van der Waals surface area contributed by atoms with Crippen molar-refractivity contribution in [1.29, 1.82) is 0 Å². The van der Waals surface area contributed by atoms with Crippen LogP contribution in [0, 0.1) is 0 Å². The summed E-state index contributed by atoms with van der Waals surface area (Å²) in [7, 11) is -0.885. The van der Waals surface area contributed by atoms with Gasteiger partial charge in [0, 0.05) is 30.0 Å². The summed E-state index contributed by atoms with van der Waals surface area (Å²) in [6, 6.07) is 0. The van der Waals surface area contributed by atoms with Crippen molar-refractivity contribution in [3.05, 3.63) is 11.2 Å². The van der Waals surface area contributed by atoms with Crippen LogP contribution in [0.5, 0.6) is 0 Å². The third-order valence-corrected chi connectivity index (χ3v) is 8.47. The maximum Gasteiger partial charge on any atom is 0.597 e. The second-order valence-corrected chi connectivity index (χ2v) is 11.4. The van der Waals surface area contributed by atoms with Crippen LogP contribution >= 0.6 is 0 Å². The van der Waals surface area contributed by atoms with E-state index < -0.39 is 36.5 Å². The van der Waals surface area contributed by atoms with Crippen LogP contribution in [-0.4, -0.2) is 77.8 Å². The number of nitrogens with zero attached hydrogens (tertiary/aromatic N) is 2. The summed E-state index contributed by atoms with van der Waals surface area (Å²) in [5, 5.41) is 0. The van der Waals surface area contributed by atoms with Crippen LogP contribution in [0.2, 0.25) is 0 Å². The van der Waals surface area contributed by atoms with E-state index in [2.05, 4.69) is 64.9 Å². The highest BCUT2D eigenvalue weighted by Crippen LogP contribution is 2.50. The highest BCUT2D eigenvalue weighted by molar-refractivity contribution is 6.80. The van der Waals surface area contributed by atoms with E-state index in [1.165, 1.54) is 11.4 Å². The molecule has 3 aliphatic rings. The molecule has 2 fully saturated rings. The highest BCUT2D eigenvalue weighted by atomic mass is 16.9. The summed E-state index contributed by atoms with van der Waals surface area (Å²) >= 11 is 0. The molecule has 0 aromatic carbocycles. The van der Waals surface area contributed by atoms with E-state index in [-0.39, 0.29) is 0 Å². The monoisotopic (exact) mass is 464 g/mol. The number of allylic oxidation sites excluding steroid dienone is 2. The summed E-state index contributed by atoms with van der Waals surface area (Å²) in [5.41, 5.74) is 1.32. The van der Waals surface area contributed by atoms with Gasteiger partial charge in [0.05, 0.1) is 17.6 Å². The van der Waals surface area contributed by atoms with Gasteiger partial charge in [0.25, 0.3) is 0 Å². The van der Waals surface area contributed by atoms with E-state index in [1.54, 1.807) is 0 Å². The normalized spacial score (nSPS) is 26.5. The van der Waals surface area contributed by atoms with Crippen molar-refractivity contribution in [3.8, 4) is 0 Å². The predicted octanol–water partition coefficient (Wildman–Crippen LogP) is 4.17. The Morgan fingerprint density at radius 1 is 0.818 bits per heavy atom. The maximum atomic E-state index is 6.82. The van der Waals surface area contributed by atoms with Gasteiger partial charge in [-0.25, -0.2) is 4.58 Å². The molecule has 0 aromatic heterocycles. The zero-order valence-electron chi connectivity index (χ0n) is 23.1. The molecule has 0 unspecified atom stereocenters. The van der Waals surface area contributed by atoms with Crippen LogP contribution in [0.1, 0.15) is 89.5 Å². The summed E-state index contributed by atoms with van der Waals surface area (Å²) in [6.07, 6.45) is 0.877. The Hall–Kier alpha value is -0.860. The molecule has 7 nitrogen and oxygen atoms in total. The van der Waals surface area contributed by atoms with Gasteiger partial charge in [-0.1, -0.05) is 0 Å². The second-order valence-electron chi connectivity index (χ2n) is 11.4. The number of hydrogen-bond acceptors (Lipinski definition) is 6. The number of hydrogen-bond donors (Lipinski definition) is 0. The van der Waals surface area contributed by atoms with Gasteiger partial charge in [0.2, 0.25) is 0 Å². The summed E-state index contributed by atoms with van der Waals surface area (Å²) in [5.74, 6) is 0. The van der Waals surface area contributed by atoms with Crippen molar-refractivity contribution in [2.24, 2.45) is 0 Å². The number of rotatable bonds is 8. The molecule has 0 atom stereocenters. The van der Waals surface area contributed by atoms with Gasteiger partial charge in [-0.15, -0.1) is 0 Å². The molecule has 0 aromatic rings. The Bertz CT molecular complexity index is 793. The summed E-state index contributed by atoms with van der Waals surface area (Å²) in [6.45, 7) is 26.4. The predicted molar refractivity (Wildman–Crippen MR) is 134 cm³/mol. The van der Waals surface area contributed by atoms with Gasteiger partial charge >= 0.3 is 14.1 Å². The molecular formula is C24H46B2N2O5. The molecule has 1 aliphatic carbocycles. The minimum Gasteiger partial charge on any atom is -0.558 e. The molecule has 3 rings (SSSR count). The highest BCUT2D eigenvalue weighted by Gasteiger charge is 2.63. The lowest BCUT2D eigenvalue weighted by atomic mass is 9.57. The lowest BCUT2D eigenvalue weighted by Crippen LogP contribution is -2.58. The van der Waals surface area contributed by atoms with Crippen molar-refractivity contribution in [3.63, 3.8) is 0 Å². The van der Waals surface area contributed by atoms with Crippen molar-refractivity contribution in [2.45, 2.75) is 112 Å². The van der Waals surface area contributed by atoms with Gasteiger partial charge in [-0.3, -0.25) is 0 Å². The first-order valence-electron chi connectivity index (χ1n) is 12.8. The largest absolute Gasteiger partial charge is 0.597 e. The molecule has 2 aliphatic heterocycles. The molecule has 0 spiro atoms. The van der Waals surface area contributed by atoms with Gasteiger partial charge in [-0.2, -0.15) is 0 Å². The molecule has 0 radical (unpaired) electrons. The van der Waals surface area contributed by atoms with Crippen LogP contribution in [0.3, 0.4) is 0 Å². The molecule has 9 heteroatoms. The van der Waals surface area contributed by atoms with Gasteiger partial charge < -0.3 is 28.1 Å². The Morgan fingerprint density at radius 2 is 1.27 bits per heavy atom. The molecule has 0 amide bonds. The zero-order chi connectivity index (χ0) is 25.0. The molecule has 33 heavy (non-hydrogen) atoms. The lowest BCUT2D eigenvalue weighted by molar-refractivity contribution is -0.521. The fourth-order valence-corrected chi connectivity index (χ4v) is 4.91. The van der Waals surface area contributed by atoms with E-state index in [0.29, 0.717) is 0 Å². The first kappa shape index (κ1) is 26.7. The first-order valence-corrected chi connectivity index (χ1v) is 12.8. The van der Waals surface area contributed by atoms with Gasteiger partial charge in [0.1, 0.15) is 13.1 Å².